The van der Waals surface area contributed by atoms with Crippen LogP contribution in [0.5, 0.6) is 11.5 Å². The Labute approximate surface area is 97.7 Å². The van der Waals surface area contributed by atoms with Crippen molar-refractivity contribution < 1.29 is 19.4 Å². The van der Waals surface area contributed by atoms with Gasteiger partial charge in [0, 0.05) is 0 Å². The monoisotopic (exact) mass is 245 g/mol. The summed E-state index contributed by atoms with van der Waals surface area (Å²) in [7, 11) is 2.81. The highest BCUT2D eigenvalue weighted by Gasteiger charge is 2.25. The van der Waals surface area contributed by atoms with Gasteiger partial charge < -0.3 is 20.3 Å². The van der Waals surface area contributed by atoms with Gasteiger partial charge in [-0.2, -0.15) is 0 Å². The summed E-state index contributed by atoms with van der Waals surface area (Å²) in [4.78, 5) is 10.9. The number of nitrogens with two attached hydrogens (primary N) is 1. The van der Waals surface area contributed by atoms with Gasteiger partial charge in [-0.15, -0.1) is 0 Å². The Balaban J connectivity index is 3.41. The predicted molar refractivity (Wildman–Crippen MR) is 59.1 cm³/mol. The molecule has 0 aliphatic rings. The molecule has 3 N–H and O–H groups in total. The number of carbonyl (C=O) groups is 1. The summed E-state index contributed by atoms with van der Waals surface area (Å²) in [6, 6.07) is 1.85. The van der Waals surface area contributed by atoms with Crippen LogP contribution in [0.1, 0.15) is 11.6 Å². The quantitative estimate of drug-likeness (QED) is 0.839. The summed E-state index contributed by atoms with van der Waals surface area (Å²) in [5.41, 5.74) is 5.77. The molecule has 0 amide bonds. The average Bonchev–Trinajstić information content (AvgIpc) is 2.27. The molecule has 5 nitrogen and oxygen atoms in total. The Morgan fingerprint density at radius 2 is 2.06 bits per heavy atom. The number of halogens is 1. The van der Waals surface area contributed by atoms with Gasteiger partial charge in [-0.25, -0.2) is 0 Å². The predicted octanol–water partition coefficient (Wildman–Crippen LogP) is 1.44. The number of rotatable bonds is 4. The van der Waals surface area contributed by atoms with Crippen LogP contribution in [0.25, 0.3) is 0 Å². The maximum atomic E-state index is 10.9. The highest BCUT2D eigenvalue weighted by Crippen LogP contribution is 2.38. The Hall–Kier alpha value is -1.46. The lowest BCUT2D eigenvalue weighted by Gasteiger charge is -2.16. The SMILES string of the molecule is COc1ccc(Cl)c(OC)c1C(N)C(=O)O. The molecule has 88 valence electrons. The number of carboxylic acid groups (broad SMARTS) is 1. The molecular formula is C10H12ClNO4. The minimum Gasteiger partial charge on any atom is -0.496 e. The summed E-state index contributed by atoms with van der Waals surface area (Å²) in [6.45, 7) is 0. The van der Waals surface area contributed by atoms with Crippen LogP contribution in [0.2, 0.25) is 5.02 Å². The Morgan fingerprint density at radius 3 is 2.50 bits per heavy atom. The molecule has 0 spiro atoms. The van der Waals surface area contributed by atoms with Crippen LogP contribution in [0.15, 0.2) is 12.1 Å². The van der Waals surface area contributed by atoms with Gasteiger partial charge in [0.2, 0.25) is 0 Å². The zero-order valence-electron chi connectivity index (χ0n) is 8.86. The molecule has 0 saturated carbocycles. The van der Waals surface area contributed by atoms with Gasteiger partial charge in [0.25, 0.3) is 0 Å². The number of methoxy groups -OCH3 is 2. The Morgan fingerprint density at radius 1 is 1.44 bits per heavy atom. The van der Waals surface area contributed by atoms with E-state index in [1.54, 1.807) is 12.1 Å². The topological polar surface area (TPSA) is 81.8 Å². The summed E-state index contributed by atoms with van der Waals surface area (Å²) in [5, 5.41) is 9.17. The zero-order valence-corrected chi connectivity index (χ0v) is 9.62. The van der Waals surface area contributed by atoms with Crippen molar-refractivity contribution in [1.29, 1.82) is 0 Å². The summed E-state index contributed by atoms with van der Waals surface area (Å²) in [6.07, 6.45) is 0. The van der Waals surface area contributed by atoms with Crippen LogP contribution < -0.4 is 15.2 Å². The molecule has 1 atom stereocenters. The third-order valence-electron chi connectivity index (χ3n) is 2.11. The van der Waals surface area contributed by atoms with E-state index < -0.39 is 12.0 Å². The van der Waals surface area contributed by atoms with E-state index in [4.69, 9.17) is 31.9 Å². The van der Waals surface area contributed by atoms with Gasteiger partial charge in [-0.1, -0.05) is 11.6 Å². The minimum atomic E-state index is -1.25. The van der Waals surface area contributed by atoms with Crippen LogP contribution in [0.4, 0.5) is 0 Å². The third kappa shape index (κ3) is 2.20. The zero-order chi connectivity index (χ0) is 12.3. The van der Waals surface area contributed by atoms with Crippen molar-refractivity contribution in [3.05, 3.63) is 22.7 Å². The van der Waals surface area contributed by atoms with Gasteiger partial charge in [0.05, 0.1) is 24.8 Å². The molecule has 0 fully saturated rings. The maximum absolute atomic E-state index is 10.9. The molecule has 16 heavy (non-hydrogen) atoms. The fourth-order valence-electron chi connectivity index (χ4n) is 1.36. The number of benzene rings is 1. The number of hydrogen-bond donors (Lipinski definition) is 2. The van der Waals surface area contributed by atoms with Crippen molar-refractivity contribution in [2.75, 3.05) is 14.2 Å². The fourth-order valence-corrected chi connectivity index (χ4v) is 1.60. The lowest BCUT2D eigenvalue weighted by molar-refractivity contribution is -0.138. The van der Waals surface area contributed by atoms with Crippen LogP contribution in [0, 0.1) is 0 Å². The highest BCUT2D eigenvalue weighted by atomic mass is 35.5. The van der Waals surface area contributed by atoms with Crippen molar-refractivity contribution >= 4 is 17.6 Å². The molecule has 0 bridgehead atoms. The summed E-state index contributed by atoms with van der Waals surface area (Å²) >= 11 is 5.88. The van der Waals surface area contributed by atoms with E-state index in [-0.39, 0.29) is 16.3 Å². The van der Waals surface area contributed by atoms with Crippen LogP contribution in [0.3, 0.4) is 0 Å². The average molecular weight is 246 g/mol. The molecule has 1 aromatic rings. The Kier molecular flexibility index (Phi) is 3.98. The first kappa shape index (κ1) is 12.6. The first-order valence-corrected chi connectivity index (χ1v) is 4.79. The molecule has 1 aromatic carbocycles. The standard InChI is InChI=1S/C10H12ClNO4/c1-15-6-4-3-5(11)9(16-2)7(6)8(12)10(13)14/h3-4,8H,12H2,1-2H3,(H,13,14). The molecule has 0 aliphatic heterocycles. The van der Waals surface area contributed by atoms with Crippen molar-refractivity contribution in [2.45, 2.75) is 6.04 Å². The maximum Gasteiger partial charge on any atom is 0.325 e. The number of ether oxygens (including phenoxy) is 2. The van der Waals surface area contributed by atoms with Crippen molar-refractivity contribution in [3.8, 4) is 11.5 Å². The van der Waals surface area contributed by atoms with E-state index in [1.165, 1.54) is 14.2 Å². The molecule has 6 heteroatoms. The fraction of sp³-hybridized carbons (Fsp3) is 0.300. The molecule has 0 saturated heterocycles. The molecular weight excluding hydrogens is 234 g/mol. The molecule has 0 radical (unpaired) electrons. The van der Waals surface area contributed by atoms with E-state index in [0.717, 1.165) is 0 Å². The van der Waals surface area contributed by atoms with Crippen LogP contribution in [-0.2, 0) is 4.79 Å². The minimum absolute atomic E-state index is 0.218. The van der Waals surface area contributed by atoms with Crippen molar-refractivity contribution in [1.82, 2.24) is 0 Å². The van der Waals surface area contributed by atoms with Gasteiger partial charge in [-0.3, -0.25) is 4.79 Å². The summed E-state index contributed by atoms with van der Waals surface area (Å²) < 4.78 is 10.1. The second kappa shape index (κ2) is 5.05. The molecule has 1 rings (SSSR count). The van der Waals surface area contributed by atoms with Gasteiger partial charge in [0.15, 0.2) is 0 Å². The molecule has 0 aromatic heterocycles. The molecule has 1 unspecified atom stereocenters. The largest absolute Gasteiger partial charge is 0.496 e. The van der Waals surface area contributed by atoms with Crippen molar-refractivity contribution in [2.24, 2.45) is 5.73 Å². The number of carboxylic acids is 1. The number of hydrogen-bond acceptors (Lipinski definition) is 4. The summed E-state index contributed by atoms with van der Waals surface area (Å²) in [5.74, 6) is -0.633. The smallest absolute Gasteiger partial charge is 0.325 e. The van der Waals surface area contributed by atoms with E-state index in [0.29, 0.717) is 5.75 Å². The first-order chi connectivity index (χ1) is 7.52. The lowest BCUT2D eigenvalue weighted by atomic mass is 10.1. The molecule has 0 aliphatic carbocycles. The van der Waals surface area contributed by atoms with Crippen LogP contribution >= 0.6 is 11.6 Å². The van der Waals surface area contributed by atoms with Gasteiger partial charge in [0.1, 0.15) is 17.5 Å². The Bertz CT molecular complexity index is 408. The van der Waals surface area contributed by atoms with Gasteiger partial charge >= 0.3 is 5.97 Å². The van der Waals surface area contributed by atoms with Crippen molar-refractivity contribution in [3.63, 3.8) is 0 Å². The van der Waals surface area contributed by atoms with E-state index in [1.807, 2.05) is 0 Å². The normalized spacial score (nSPS) is 12.0. The van der Waals surface area contributed by atoms with E-state index >= 15 is 0 Å². The highest BCUT2D eigenvalue weighted by molar-refractivity contribution is 6.32. The van der Waals surface area contributed by atoms with E-state index in [9.17, 15) is 4.79 Å². The van der Waals surface area contributed by atoms with E-state index in [2.05, 4.69) is 0 Å². The molecule has 0 heterocycles. The second-order valence-corrected chi connectivity index (χ2v) is 3.42. The second-order valence-electron chi connectivity index (χ2n) is 3.01. The first-order valence-electron chi connectivity index (χ1n) is 4.41. The van der Waals surface area contributed by atoms with Gasteiger partial charge in [-0.05, 0) is 12.1 Å². The third-order valence-corrected chi connectivity index (χ3v) is 2.41. The van der Waals surface area contributed by atoms with Crippen LogP contribution in [-0.4, -0.2) is 25.3 Å². The lowest BCUT2D eigenvalue weighted by Crippen LogP contribution is -2.22. The number of aliphatic carboxylic acids is 1.